The Balaban J connectivity index is 2.84. The zero-order valence-electron chi connectivity index (χ0n) is 9.63. The molecule has 0 fully saturated rings. The van der Waals surface area contributed by atoms with Gasteiger partial charge in [-0.05, 0) is 24.6 Å². The maximum Gasteiger partial charge on any atom is 0.253 e. The molecular weight excluding hydrogens is 334 g/mol. The van der Waals surface area contributed by atoms with Crippen LogP contribution < -0.4 is 0 Å². The van der Waals surface area contributed by atoms with Crippen LogP contribution in [0.4, 0.5) is 0 Å². The molecule has 0 aliphatic heterocycles. The normalized spacial score (nSPS) is 12.3. The van der Waals surface area contributed by atoms with Gasteiger partial charge in [0, 0.05) is 28.5 Å². The van der Waals surface area contributed by atoms with Gasteiger partial charge in [-0.15, -0.1) is 0 Å². The first kappa shape index (κ1) is 13.7. The monoisotopic (exact) mass is 347 g/mol. The van der Waals surface area contributed by atoms with E-state index in [1.807, 2.05) is 39.1 Å². The highest BCUT2D eigenvalue weighted by Crippen LogP contribution is 2.18. The molecule has 88 valence electrons. The van der Waals surface area contributed by atoms with E-state index in [1.54, 1.807) is 4.90 Å². The van der Waals surface area contributed by atoms with Gasteiger partial charge in [0.1, 0.15) is 0 Å². The first-order valence-corrected chi connectivity index (χ1v) is 6.78. The van der Waals surface area contributed by atoms with Gasteiger partial charge in [0.25, 0.3) is 5.91 Å². The molecule has 0 aliphatic carbocycles. The van der Waals surface area contributed by atoms with E-state index in [9.17, 15) is 4.79 Å². The van der Waals surface area contributed by atoms with Crippen LogP contribution in [0.3, 0.4) is 0 Å². The first-order valence-electron chi connectivity index (χ1n) is 5.07. The van der Waals surface area contributed by atoms with Crippen molar-refractivity contribution in [2.75, 3.05) is 13.6 Å². The second kappa shape index (κ2) is 5.82. The highest BCUT2D eigenvalue weighted by molar-refractivity contribution is 9.10. The molecule has 1 aromatic carbocycles. The van der Waals surface area contributed by atoms with E-state index in [0.29, 0.717) is 16.9 Å². The Morgan fingerprint density at radius 3 is 2.62 bits per heavy atom. The standard InChI is InChI=1S/C12H15Br2NO/c1-8-4-5-10(6-11(8)14)12(16)15(3)7-9(2)13/h4-6,9H,7H2,1-3H3. The number of hydrogen-bond donors (Lipinski definition) is 0. The van der Waals surface area contributed by atoms with Crippen LogP contribution in [0.25, 0.3) is 0 Å². The summed E-state index contributed by atoms with van der Waals surface area (Å²) in [5, 5.41) is 0. The van der Waals surface area contributed by atoms with Crippen LogP contribution in [0.1, 0.15) is 22.8 Å². The minimum atomic E-state index is 0.0481. The summed E-state index contributed by atoms with van der Waals surface area (Å²) >= 11 is 6.87. The molecule has 0 heterocycles. The van der Waals surface area contributed by atoms with Crippen LogP contribution in [-0.4, -0.2) is 29.2 Å². The lowest BCUT2D eigenvalue weighted by Crippen LogP contribution is -2.31. The SMILES string of the molecule is Cc1ccc(C(=O)N(C)CC(C)Br)cc1Br. The number of alkyl halides is 1. The third kappa shape index (κ3) is 3.59. The van der Waals surface area contributed by atoms with Crippen molar-refractivity contribution in [1.82, 2.24) is 4.90 Å². The average Bonchev–Trinajstić information content (AvgIpc) is 2.20. The van der Waals surface area contributed by atoms with Crippen LogP contribution >= 0.6 is 31.9 Å². The van der Waals surface area contributed by atoms with Crippen LogP contribution in [0.5, 0.6) is 0 Å². The lowest BCUT2D eigenvalue weighted by Gasteiger charge is -2.18. The fraction of sp³-hybridized carbons (Fsp3) is 0.417. The average molecular weight is 349 g/mol. The van der Waals surface area contributed by atoms with Crippen molar-refractivity contribution in [3.63, 3.8) is 0 Å². The van der Waals surface area contributed by atoms with Gasteiger partial charge in [-0.1, -0.05) is 44.8 Å². The number of halogens is 2. The molecule has 0 saturated carbocycles. The fourth-order valence-electron chi connectivity index (χ4n) is 1.41. The largest absolute Gasteiger partial charge is 0.341 e. The van der Waals surface area contributed by atoms with Gasteiger partial charge in [0.2, 0.25) is 0 Å². The summed E-state index contributed by atoms with van der Waals surface area (Å²) in [7, 11) is 1.81. The van der Waals surface area contributed by atoms with Gasteiger partial charge >= 0.3 is 0 Å². The van der Waals surface area contributed by atoms with Gasteiger partial charge in [-0.3, -0.25) is 4.79 Å². The van der Waals surface area contributed by atoms with E-state index in [0.717, 1.165) is 10.0 Å². The van der Waals surface area contributed by atoms with E-state index in [-0.39, 0.29) is 5.91 Å². The van der Waals surface area contributed by atoms with Crippen molar-refractivity contribution < 1.29 is 4.79 Å². The van der Waals surface area contributed by atoms with E-state index >= 15 is 0 Å². The minimum absolute atomic E-state index is 0.0481. The van der Waals surface area contributed by atoms with Gasteiger partial charge < -0.3 is 4.90 Å². The zero-order valence-corrected chi connectivity index (χ0v) is 12.8. The molecule has 0 aliphatic rings. The molecule has 1 aromatic rings. The topological polar surface area (TPSA) is 20.3 Å². The van der Waals surface area contributed by atoms with E-state index in [1.165, 1.54) is 0 Å². The molecule has 16 heavy (non-hydrogen) atoms. The van der Waals surface area contributed by atoms with Crippen LogP contribution in [0.2, 0.25) is 0 Å². The Hall–Kier alpha value is -0.350. The van der Waals surface area contributed by atoms with Gasteiger partial charge in [0.15, 0.2) is 0 Å². The van der Waals surface area contributed by atoms with E-state index in [4.69, 9.17) is 0 Å². The maximum absolute atomic E-state index is 12.0. The quantitative estimate of drug-likeness (QED) is 0.764. The number of amides is 1. The second-order valence-corrected chi connectivity index (χ2v) is 6.35. The lowest BCUT2D eigenvalue weighted by atomic mass is 10.1. The summed E-state index contributed by atoms with van der Waals surface area (Å²) in [6, 6.07) is 5.67. The molecule has 1 unspecified atom stereocenters. The fourth-order valence-corrected chi connectivity index (χ4v) is 2.22. The van der Waals surface area contributed by atoms with Gasteiger partial charge in [-0.25, -0.2) is 0 Å². The van der Waals surface area contributed by atoms with Crippen molar-refractivity contribution in [2.45, 2.75) is 18.7 Å². The maximum atomic E-state index is 12.0. The summed E-state index contributed by atoms with van der Waals surface area (Å²) in [5.74, 6) is 0.0481. The van der Waals surface area contributed by atoms with Crippen molar-refractivity contribution in [2.24, 2.45) is 0 Å². The van der Waals surface area contributed by atoms with Crippen LogP contribution in [0, 0.1) is 6.92 Å². The van der Waals surface area contributed by atoms with Gasteiger partial charge in [0.05, 0.1) is 0 Å². The number of carbonyl (C=O) groups is 1. The Morgan fingerprint density at radius 2 is 2.12 bits per heavy atom. The Labute approximate surface area is 113 Å². The molecule has 0 aromatic heterocycles. The highest BCUT2D eigenvalue weighted by Gasteiger charge is 2.13. The number of nitrogens with zero attached hydrogens (tertiary/aromatic N) is 1. The molecule has 2 nitrogen and oxygen atoms in total. The lowest BCUT2D eigenvalue weighted by molar-refractivity contribution is 0.0797. The van der Waals surface area contributed by atoms with Crippen LogP contribution in [0.15, 0.2) is 22.7 Å². The number of rotatable bonds is 3. The highest BCUT2D eigenvalue weighted by atomic mass is 79.9. The Morgan fingerprint density at radius 1 is 1.50 bits per heavy atom. The van der Waals surface area contributed by atoms with Crippen molar-refractivity contribution in [1.29, 1.82) is 0 Å². The molecule has 0 N–H and O–H groups in total. The molecule has 0 radical (unpaired) electrons. The number of aryl methyl sites for hydroxylation is 1. The van der Waals surface area contributed by atoms with Crippen molar-refractivity contribution >= 4 is 37.8 Å². The van der Waals surface area contributed by atoms with Crippen LogP contribution in [-0.2, 0) is 0 Å². The number of benzene rings is 1. The third-order valence-electron chi connectivity index (χ3n) is 2.29. The molecule has 4 heteroatoms. The molecule has 0 spiro atoms. The minimum Gasteiger partial charge on any atom is -0.341 e. The first-order chi connectivity index (χ1) is 7.41. The number of hydrogen-bond acceptors (Lipinski definition) is 1. The van der Waals surface area contributed by atoms with E-state index < -0.39 is 0 Å². The molecule has 1 atom stereocenters. The summed E-state index contributed by atoms with van der Waals surface area (Å²) < 4.78 is 0.971. The van der Waals surface area contributed by atoms with Gasteiger partial charge in [-0.2, -0.15) is 0 Å². The summed E-state index contributed by atoms with van der Waals surface area (Å²) in [6.07, 6.45) is 0. The summed E-state index contributed by atoms with van der Waals surface area (Å²) in [4.78, 5) is 14.0. The molecular formula is C12H15Br2NO. The summed E-state index contributed by atoms with van der Waals surface area (Å²) in [6.45, 7) is 4.72. The summed E-state index contributed by atoms with van der Waals surface area (Å²) in [5.41, 5.74) is 1.85. The second-order valence-electron chi connectivity index (χ2n) is 3.93. The molecule has 0 bridgehead atoms. The zero-order chi connectivity index (χ0) is 12.3. The Bertz CT molecular complexity index is 391. The Kier molecular flexibility index (Phi) is 4.99. The van der Waals surface area contributed by atoms with Crippen molar-refractivity contribution in [3.05, 3.63) is 33.8 Å². The number of carbonyl (C=O) groups excluding carboxylic acids is 1. The van der Waals surface area contributed by atoms with E-state index in [2.05, 4.69) is 31.9 Å². The third-order valence-corrected chi connectivity index (χ3v) is 3.43. The molecule has 1 rings (SSSR count). The molecule has 1 amide bonds. The molecule has 0 saturated heterocycles. The predicted molar refractivity (Wildman–Crippen MR) is 74.2 cm³/mol. The smallest absolute Gasteiger partial charge is 0.253 e. The van der Waals surface area contributed by atoms with Crippen molar-refractivity contribution in [3.8, 4) is 0 Å². The predicted octanol–water partition coefficient (Wildman–Crippen LogP) is 3.61.